The number of benzene rings is 2. The van der Waals surface area contributed by atoms with Crippen LogP contribution in [-0.2, 0) is 9.53 Å². The normalized spacial score (nSPS) is 19.8. The van der Waals surface area contributed by atoms with E-state index in [-0.39, 0.29) is 11.8 Å². The van der Waals surface area contributed by atoms with Crippen LogP contribution in [0.2, 0.25) is 0 Å². The summed E-state index contributed by atoms with van der Waals surface area (Å²) in [5, 5.41) is 0. The number of imide groups is 1. The Bertz CT molecular complexity index is 995. The number of rotatable bonds is 6. The molecule has 1 saturated heterocycles. The molecule has 1 N–H and O–H groups in total. The van der Waals surface area contributed by atoms with Gasteiger partial charge in [-0.15, -0.1) is 0 Å². The van der Waals surface area contributed by atoms with Gasteiger partial charge >= 0.3 is 0 Å². The number of ether oxygens (including phenoxy) is 1. The van der Waals surface area contributed by atoms with Crippen LogP contribution in [0.25, 0.3) is 0 Å². The van der Waals surface area contributed by atoms with E-state index < -0.39 is 5.92 Å². The second-order valence-corrected chi connectivity index (χ2v) is 8.33. The van der Waals surface area contributed by atoms with E-state index in [1.165, 1.54) is 4.90 Å². The molecule has 2 heterocycles. The van der Waals surface area contributed by atoms with Crippen LogP contribution in [0.4, 0.5) is 5.69 Å². The molecule has 2 amide bonds. The lowest BCUT2D eigenvalue weighted by atomic mass is 9.88. The third-order valence-electron chi connectivity index (χ3n) is 6.24. The average molecular weight is 421 g/mol. The molecule has 2 aromatic carbocycles. The van der Waals surface area contributed by atoms with Gasteiger partial charge in [0.15, 0.2) is 0 Å². The van der Waals surface area contributed by atoms with Crippen molar-refractivity contribution in [2.24, 2.45) is 4.99 Å². The predicted molar refractivity (Wildman–Crippen MR) is 121 cm³/mol. The van der Waals surface area contributed by atoms with Gasteiger partial charge in [0, 0.05) is 24.7 Å². The number of nitrogens with zero attached hydrogens (tertiary/aromatic N) is 2. The molecule has 1 atom stereocenters. The van der Waals surface area contributed by atoms with Gasteiger partial charge in [0.1, 0.15) is 13.1 Å². The van der Waals surface area contributed by atoms with Gasteiger partial charge in [0.05, 0.1) is 31.4 Å². The molecule has 31 heavy (non-hydrogen) atoms. The molecule has 162 valence electrons. The van der Waals surface area contributed by atoms with E-state index in [9.17, 15) is 9.59 Å². The molecule has 0 bridgehead atoms. The van der Waals surface area contributed by atoms with E-state index in [4.69, 9.17) is 4.74 Å². The third-order valence-corrected chi connectivity index (χ3v) is 6.24. The fourth-order valence-corrected chi connectivity index (χ4v) is 4.22. The molecule has 0 aromatic heterocycles. The highest BCUT2D eigenvalue weighted by Crippen LogP contribution is 2.32. The number of quaternary nitrogens is 1. The second-order valence-electron chi connectivity index (χ2n) is 8.33. The smallest absolute Gasteiger partial charge is 0.265 e. The van der Waals surface area contributed by atoms with E-state index in [2.05, 4.69) is 4.99 Å². The van der Waals surface area contributed by atoms with Crippen molar-refractivity contribution < 1.29 is 19.2 Å². The minimum Gasteiger partial charge on any atom is -0.370 e. The number of amides is 2. The standard InChI is InChI=1S/C25H29N3O3/c1-18-8-9-20(16-19(18)2)28-24(29)22-7-4-3-6-21(22)23(25(28)30)17-26-10-5-11-27-12-14-31-15-13-27/h3-4,6-9,16-17,23H,5,10-15H2,1-2H3/p+1/t23-/m1/s1. The molecular formula is C25H30N3O3+. The van der Waals surface area contributed by atoms with E-state index in [0.29, 0.717) is 17.8 Å². The van der Waals surface area contributed by atoms with E-state index >= 15 is 0 Å². The van der Waals surface area contributed by atoms with Crippen LogP contribution >= 0.6 is 0 Å². The molecule has 2 aliphatic rings. The summed E-state index contributed by atoms with van der Waals surface area (Å²) in [6.07, 6.45) is 2.70. The molecule has 4 rings (SSSR count). The molecule has 6 heteroatoms. The Morgan fingerprint density at radius 2 is 1.87 bits per heavy atom. The van der Waals surface area contributed by atoms with Crippen molar-refractivity contribution in [3.63, 3.8) is 0 Å². The summed E-state index contributed by atoms with van der Waals surface area (Å²) < 4.78 is 5.40. The summed E-state index contributed by atoms with van der Waals surface area (Å²) >= 11 is 0. The Kier molecular flexibility index (Phi) is 6.59. The summed E-state index contributed by atoms with van der Waals surface area (Å²) in [4.78, 5) is 34.0. The Labute approximate surface area is 183 Å². The molecule has 0 radical (unpaired) electrons. The first-order valence-electron chi connectivity index (χ1n) is 11.0. The highest BCUT2D eigenvalue weighted by molar-refractivity contribution is 6.29. The maximum absolute atomic E-state index is 13.4. The fourth-order valence-electron chi connectivity index (χ4n) is 4.22. The summed E-state index contributed by atoms with van der Waals surface area (Å²) in [5.74, 6) is -1.06. The maximum atomic E-state index is 13.4. The quantitative estimate of drug-likeness (QED) is 0.441. The largest absolute Gasteiger partial charge is 0.370 e. The van der Waals surface area contributed by atoms with E-state index in [1.54, 1.807) is 17.2 Å². The number of aliphatic imine (C=N–C) groups is 1. The first-order valence-corrected chi connectivity index (χ1v) is 11.0. The minimum atomic E-state index is -0.550. The lowest BCUT2D eigenvalue weighted by molar-refractivity contribution is -0.908. The topological polar surface area (TPSA) is 63.4 Å². The highest BCUT2D eigenvalue weighted by atomic mass is 16.5. The van der Waals surface area contributed by atoms with Crippen molar-refractivity contribution >= 4 is 23.7 Å². The van der Waals surface area contributed by atoms with E-state index in [1.807, 2.05) is 50.2 Å². The Morgan fingerprint density at radius 1 is 1.10 bits per heavy atom. The molecule has 0 unspecified atom stereocenters. The molecule has 2 aliphatic heterocycles. The fraction of sp³-hybridized carbons (Fsp3) is 0.400. The van der Waals surface area contributed by atoms with Gasteiger partial charge in [-0.05, 0) is 48.7 Å². The summed E-state index contributed by atoms with van der Waals surface area (Å²) in [6, 6.07) is 13.0. The molecular weight excluding hydrogens is 390 g/mol. The molecule has 2 aromatic rings. The number of fused-ring (bicyclic) bond motifs is 1. The van der Waals surface area contributed by atoms with Crippen LogP contribution in [0, 0.1) is 13.8 Å². The number of hydrogen-bond donors (Lipinski definition) is 1. The predicted octanol–water partition coefficient (Wildman–Crippen LogP) is 1.95. The lowest BCUT2D eigenvalue weighted by Crippen LogP contribution is -3.14. The number of carbonyl (C=O) groups is 2. The van der Waals surface area contributed by atoms with Crippen LogP contribution in [0.5, 0.6) is 0 Å². The van der Waals surface area contributed by atoms with Gasteiger partial charge in [-0.3, -0.25) is 14.6 Å². The van der Waals surface area contributed by atoms with Crippen LogP contribution in [0.1, 0.15) is 39.4 Å². The number of morpholine rings is 1. The Balaban J connectivity index is 1.53. The van der Waals surface area contributed by atoms with Crippen molar-refractivity contribution in [3.05, 3.63) is 64.7 Å². The number of carbonyl (C=O) groups excluding carboxylic acids is 2. The zero-order chi connectivity index (χ0) is 21.8. The third kappa shape index (κ3) is 4.60. The molecule has 0 aliphatic carbocycles. The van der Waals surface area contributed by atoms with Crippen LogP contribution in [-0.4, -0.2) is 57.4 Å². The summed E-state index contributed by atoms with van der Waals surface area (Å²) in [7, 11) is 0. The molecule has 1 fully saturated rings. The Morgan fingerprint density at radius 3 is 2.65 bits per heavy atom. The van der Waals surface area contributed by atoms with Crippen molar-refractivity contribution in [2.45, 2.75) is 26.2 Å². The van der Waals surface area contributed by atoms with Gasteiger partial charge in [-0.2, -0.15) is 0 Å². The van der Waals surface area contributed by atoms with Crippen LogP contribution in [0.15, 0.2) is 47.5 Å². The highest BCUT2D eigenvalue weighted by Gasteiger charge is 2.38. The van der Waals surface area contributed by atoms with E-state index in [0.717, 1.165) is 56.0 Å². The van der Waals surface area contributed by atoms with Gasteiger partial charge < -0.3 is 9.64 Å². The van der Waals surface area contributed by atoms with Crippen LogP contribution < -0.4 is 9.80 Å². The first kappa shape index (κ1) is 21.4. The number of nitrogens with one attached hydrogen (secondary N) is 1. The van der Waals surface area contributed by atoms with Crippen LogP contribution in [0.3, 0.4) is 0 Å². The van der Waals surface area contributed by atoms with Gasteiger partial charge in [0.25, 0.3) is 5.91 Å². The van der Waals surface area contributed by atoms with Crippen molar-refractivity contribution in [3.8, 4) is 0 Å². The monoisotopic (exact) mass is 420 g/mol. The van der Waals surface area contributed by atoms with Gasteiger partial charge in [-0.1, -0.05) is 24.3 Å². The first-order chi connectivity index (χ1) is 15.1. The lowest BCUT2D eigenvalue weighted by Gasteiger charge is -2.31. The van der Waals surface area contributed by atoms with Crippen molar-refractivity contribution in [2.75, 3.05) is 44.3 Å². The number of hydrogen-bond acceptors (Lipinski definition) is 4. The van der Waals surface area contributed by atoms with Crippen molar-refractivity contribution in [1.82, 2.24) is 0 Å². The average Bonchev–Trinajstić information content (AvgIpc) is 2.79. The Hall–Kier alpha value is -2.83. The van der Waals surface area contributed by atoms with Crippen molar-refractivity contribution in [1.29, 1.82) is 0 Å². The molecule has 0 spiro atoms. The minimum absolute atomic E-state index is 0.241. The molecule has 6 nitrogen and oxygen atoms in total. The number of aryl methyl sites for hydroxylation is 2. The summed E-state index contributed by atoms with van der Waals surface area (Å²) in [6.45, 7) is 9.49. The SMILES string of the molecule is Cc1ccc(N2C(=O)c3ccccc3[C@@H](C=NCCC[NH+]3CCOCC3)C2=O)cc1C. The van der Waals surface area contributed by atoms with Gasteiger partial charge in [0.2, 0.25) is 5.91 Å². The molecule has 0 saturated carbocycles. The zero-order valence-corrected chi connectivity index (χ0v) is 18.3. The zero-order valence-electron chi connectivity index (χ0n) is 18.3. The number of anilines is 1. The maximum Gasteiger partial charge on any atom is 0.265 e. The van der Waals surface area contributed by atoms with Gasteiger partial charge in [-0.25, -0.2) is 4.90 Å². The second kappa shape index (κ2) is 9.54. The summed E-state index contributed by atoms with van der Waals surface area (Å²) in [5.41, 5.74) is 4.09.